The maximum atomic E-state index is 14.8. The van der Waals surface area contributed by atoms with Crippen LogP contribution in [0.3, 0.4) is 0 Å². The molecule has 0 radical (unpaired) electrons. The van der Waals surface area contributed by atoms with E-state index >= 15 is 0 Å². The van der Waals surface area contributed by atoms with Gasteiger partial charge in [-0.3, -0.25) is 4.79 Å². The van der Waals surface area contributed by atoms with Crippen LogP contribution in [0.15, 0.2) is 17.1 Å². The van der Waals surface area contributed by atoms with E-state index in [0.717, 1.165) is 23.3 Å². The Balaban J connectivity index is 2.00. The third-order valence-corrected chi connectivity index (χ3v) is 5.63. The lowest BCUT2D eigenvalue weighted by molar-refractivity contribution is 0.0693. The number of aromatic carboxylic acids is 1. The lowest BCUT2D eigenvalue weighted by Gasteiger charge is -2.31. The van der Waals surface area contributed by atoms with Crippen molar-refractivity contribution in [1.29, 1.82) is 0 Å². The molecule has 0 saturated carbocycles. The number of pyridine rings is 2. The fourth-order valence-electron chi connectivity index (χ4n) is 3.96. The topological polar surface area (TPSA) is 87.5 Å². The van der Waals surface area contributed by atoms with E-state index < -0.39 is 41.7 Å². The van der Waals surface area contributed by atoms with E-state index in [2.05, 4.69) is 10.3 Å². The summed E-state index contributed by atoms with van der Waals surface area (Å²) in [5.41, 5.74) is -3.55. The van der Waals surface area contributed by atoms with E-state index in [4.69, 9.17) is 0 Å². The van der Waals surface area contributed by atoms with Crippen LogP contribution in [0.1, 0.15) is 23.7 Å². The molecule has 4 rings (SSSR count). The molecule has 2 aliphatic heterocycles. The van der Waals surface area contributed by atoms with Crippen molar-refractivity contribution in [3.05, 3.63) is 33.9 Å². The number of anilines is 1. The van der Waals surface area contributed by atoms with Crippen LogP contribution in [-0.4, -0.2) is 59.1 Å². The van der Waals surface area contributed by atoms with E-state index in [9.17, 15) is 27.9 Å². The summed E-state index contributed by atoms with van der Waals surface area (Å²) in [6.45, 7) is 0.123. The first-order chi connectivity index (χ1) is 13.3. The van der Waals surface area contributed by atoms with Gasteiger partial charge in [0, 0.05) is 31.4 Å². The molecule has 0 amide bonds. The van der Waals surface area contributed by atoms with Gasteiger partial charge in [0.25, 0.3) is 0 Å². The molecule has 150 valence electrons. The summed E-state index contributed by atoms with van der Waals surface area (Å²) in [5, 5.41) is 12.3. The van der Waals surface area contributed by atoms with Crippen molar-refractivity contribution in [3.63, 3.8) is 0 Å². The molecule has 2 fully saturated rings. The van der Waals surface area contributed by atoms with Crippen LogP contribution in [0, 0.1) is 5.82 Å². The molecule has 2 atom stereocenters. The number of hydrogen-bond acceptors (Lipinski definition) is 5. The van der Waals surface area contributed by atoms with Crippen LogP contribution in [0.4, 0.5) is 19.0 Å². The zero-order valence-electron chi connectivity index (χ0n) is 15.1. The Morgan fingerprint density at radius 1 is 1.43 bits per heavy atom. The molecule has 2 N–H and O–H groups in total. The molecular formula is C18H19F3N4O3. The monoisotopic (exact) mass is 396 g/mol. The average Bonchev–Trinajstić information content (AvgIpc) is 3.31. The predicted octanol–water partition coefficient (Wildman–Crippen LogP) is 1.44. The Kier molecular flexibility index (Phi) is 4.33. The molecule has 2 aromatic heterocycles. The van der Waals surface area contributed by atoms with Crippen LogP contribution in [-0.2, 0) is 5.54 Å². The molecule has 0 aromatic carbocycles. The van der Waals surface area contributed by atoms with Crippen LogP contribution in [0.2, 0.25) is 0 Å². The second-order valence-electron chi connectivity index (χ2n) is 7.62. The molecule has 4 heterocycles. The molecule has 2 bridgehead atoms. The number of piperazine rings is 1. The lowest BCUT2D eigenvalue weighted by atomic mass is 10.0. The summed E-state index contributed by atoms with van der Waals surface area (Å²) in [4.78, 5) is 30.0. The Morgan fingerprint density at radius 3 is 2.68 bits per heavy atom. The second kappa shape index (κ2) is 6.47. The van der Waals surface area contributed by atoms with E-state index in [1.165, 1.54) is 6.92 Å². The smallest absolute Gasteiger partial charge is 0.341 e. The first-order valence-electron chi connectivity index (χ1n) is 8.90. The molecule has 0 unspecified atom stereocenters. The van der Waals surface area contributed by atoms with Crippen LogP contribution in [0.25, 0.3) is 11.0 Å². The Bertz CT molecular complexity index is 1020. The fraction of sp³-hybridized carbons (Fsp3) is 0.500. The van der Waals surface area contributed by atoms with Crippen molar-refractivity contribution in [2.45, 2.75) is 31.0 Å². The van der Waals surface area contributed by atoms with Crippen molar-refractivity contribution in [1.82, 2.24) is 14.9 Å². The zero-order chi connectivity index (χ0) is 20.2. The molecule has 2 aliphatic rings. The average molecular weight is 396 g/mol. The number of aromatic nitrogens is 2. The number of carbonyl (C=O) groups is 1. The summed E-state index contributed by atoms with van der Waals surface area (Å²) in [6, 6.07) is 1.16. The third-order valence-electron chi connectivity index (χ3n) is 5.63. The summed E-state index contributed by atoms with van der Waals surface area (Å²) in [6.07, 6.45) is 1.72. The maximum absolute atomic E-state index is 14.8. The highest BCUT2D eigenvalue weighted by Gasteiger charge is 2.40. The van der Waals surface area contributed by atoms with Gasteiger partial charge < -0.3 is 19.9 Å². The van der Waals surface area contributed by atoms with Crippen LogP contribution >= 0.6 is 0 Å². The third kappa shape index (κ3) is 2.66. The van der Waals surface area contributed by atoms with Gasteiger partial charge >= 0.3 is 5.97 Å². The minimum absolute atomic E-state index is 0.00205. The second-order valence-corrected chi connectivity index (χ2v) is 7.62. The quantitative estimate of drug-likeness (QED) is 0.795. The van der Waals surface area contributed by atoms with Crippen molar-refractivity contribution in [3.8, 4) is 0 Å². The van der Waals surface area contributed by atoms with Crippen LogP contribution in [0.5, 0.6) is 0 Å². The van der Waals surface area contributed by atoms with E-state index in [1.54, 1.807) is 4.90 Å². The maximum Gasteiger partial charge on any atom is 0.341 e. The van der Waals surface area contributed by atoms with E-state index in [0.29, 0.717) is 13.1 Å². The first-order valence-corrected chi connectivity index (χ1v) is 8.90. The minimum Gasteiger partial charge on any atom is -0.477 e. The molecule has 28 heavy (non-hydrogen) atoms. The van der Waals surface area contributed by atoms with Gasteiger partial charge in [-0.2, -0.15) is 0 Å². The zero-order valence-corrected chi connectivity index (χ0v) is 15.1. The normalized spacial score (nSPS) is 21.6. The number of alkyl halides is 2. The number of nitrogens with zero attached hydrogens (tertiary/aromatic N) is 3. The Hall–Kier alpha value is -2.62. The van der Waals surface area contributed by atoms with Gasteiger partial charge in [0.1, 0.15) is 24.6 Å². The van der Waals surface area contributed by atoms with Crippen molar-refractivity contribution in [2.24, 2.45) is 0 Å². The summed E-state index contributed by atoms with van der Waals surface area (Å²) in [7, 11) is 0. The highest BCUT2D eigenvalue weighted by Crippen LogP contribution is 2.32. The lowest BCUT2D eigenvalue weighted by Crippen LogP contribution is -2.44. The van der Waals surface area contributed by atoms with Crippen molar-refractivity contribution < 1.29 is 23.1 Å². The summed E-state index contributed by atoms with van der Waals surface area (Å²) in [5.74, 6) is -2.33. The predicted molar refractivity (Wildman–Crippen MR) is 96.1 cm³/mol. The van der Waals surface area contributed by atoms with Crippen molar-refractivity contribution in [2.75, 3.05) is 31.3 Å². The number of hydrogen-bond donors (Lipinski definition) is 2. The summed E-state index contributed by atoms with van der Waals surface area (Å²) < 4.78 is 43.2. The molecular weight excluding hydrogens is 377 g/mol. The first kappa shape index (κ1) is 18.7. The van der Waals surface area contributed by atoms with Gasteiger partial charge in [0.15, 0.2) is 11.6 Å². The molecule has 10 heteroatoms. The fourth-order valence-corrected chi connectivity index (χ4v) is 3.96. The van der Waals surface area contributed by atoms with Gasteiger partial charge in [-0.1, -0.05) is 0 Å². The minimum atomic E-state index is -1.77. The molecule has 2 saturated heterocycles. The molecule has 2 aromatic rings. The SMILES string of the molecule is CC(CF)(CF)n1cc(C(=O)O)c(=O)c2cc(F)c(N3C[C@H]4C[C@@H]3CN4)nc21. The largest absolute Gasteiger partial charge is 0.477 e. The van der Waals surface area contributed by atoms with Gasteiger partial charge in [0.2, 0.25) is 5.43 Å². The highest BCUT2D eigenvalue weighted by atomic mass is 19.1. The van der Waals surface area contributed by atoms with Gasteiger partial charge in [0.05, 0.1) is 10.9 Å². The standard InChI is InChI=1S/C18H19F3N4O3/c1-18(7-19,8-20)25-6-12(17(27)28)14(26)11-3-13(21)16(23-15(11)25)24-5-9-2-10(24)4-22-9/h3,6,9-10,22H,2,4-5,7-8H2,1H3,(H,27,28)/t9-,10-/m1/s1. The van der Waals surface area contributed by atoms with E-state index in [1.807, 2.05) is 0 Å². The van der Waals surface area contributed by atoms with Gasteiger partial charge in [-0.25, -0.2) is 22.9 Å². The van der Waals surface area contributed by atoms with E-state index in [-0.39, 0.29) is 28.9 Å². The number of fused-ring (bicyclic) bond motifs is 3. The number of carboxylic acid groups (broad SMARTS) is 1. The van der Waals surface area contributed by atoms with Crippen molar-refractivity contribution >= 4 is 22.8 Å². The molecule has 0 spiro atoms. The number of rotatable bonds is 5. The highest BCUT2D eigenvalue weighted by molar-refractivity contribution is 5.92. The number of nitrogens with one attached hydrogen (secondary N) is 1. The van der Waals surface area contributed by atoms with Gasteiger partial charge in [-0.05, 0) is 19.4 Å². The summed E-state index contributed by atoms with van der Waals surface area (Å²) >= 11 is 0. The number of carboxylic acids is 1. The Morgan fingerprint density at radius 2 is 2.14 bits per heavy atom. The van der Waals surface area contributed by atoms with Gasteiger partial charge in [-0.15, -0.1) is 0 Å². The Labute approximate surface area is 157 Å². The molecule has 7 nitrogen and oxygen atoms in total. The number of halogens is 3. The van der Waals surface area contributed by atoms with Crippen LogP contribution < -0.4 is 15.6 Å². The molecule has 0 aliphatic carbocycles.